The van der Waals surface area contributed by atoms with Crippen LogP contribution in [0.4, 0.5) is 0 Å². The highest BCUT2D eigenvalue weighted by molar-refractivity contribution is 6.13. The van der Waals surface area contributed by atoms with Crippen molar-refractivity contribution in [1.29, 1.82) is 0 Å². The number of hydrogen-bond acceptors (Lipinski definition) is 4. The van der Waals surface area contributed by atoms with Gasteiger partial charge in [-0.2, -0.15) is 0 Å². The fourth-order valence-corrected chi connectivity index (χ4v) is 8.62. The largest absolute Gasteiger partial charge is 0.460 e. The quantitative estimate of drug-likeness (QED) is 0.167. The maximum Gasteiger partial charge on any atom is 0.164 e. The Morgan fingerprint density at radius 1 is 0.509 bits per heavy atom. The first kappa shape index (κ1) is 31.6. The summed E-state index contributed by atoms with van der Waals surface area (Å²) in [6.07, 6.45) is 13.0. The number of rotatable bonds is 5. The third kappa shape index (κ3) is 5.49. The fraction of sp³-hybridized carbons (Fsp3) is 0.0784. The van der Waals surface area contributed by atoms with E-state index in [1.807, 2.05) is 24.3 Å². The molecule has 0 saturated carbocycles. The Hall–Kier alpha value is -6.91. The molecule has 260 valence electrons. The van der Waals surface area contributed by atoms with Crippen molar-refractivity contribution in [3.05, 3.63) is 204 Å². The van der Waals surface area contributed by atoms with Crippen LogP contribution in [0.15, 0.2) is 180 Å². The first-order valence-corrected chi connectivity index (χ1v) is 19.1. The van der Waals surface area contributed by atoms with Crippen molar-refractivity contribution in [3.8, 4) is 22.8 Å². The summed E-state index contributed by atoms with van der Waals surface area (Å²) in [5.41, 5.74) is 7.41. The highest BCUT2D eigenvalue weighted by atomic mass is 16.3. The van der Waals surface area contributed by atoms with Crippen molar-refractivity contribution >= 4 is 48.9 Å². The van der Waals surface area contributed by atoms with Crippen molar-refractivity contribution in [1.82, 2.24) is 15.0 Å². The first-order valence-electron chi connectivity index (χ1n) is 19.1. The van der Waals surface area contributed by atoms with Crippen molar-refractivity contribution in [2.24, 2.45) is 0 Å². The molecule has 2 aliphatic rings. The summed E-state index contributed by atoms with van der Waals surface area (Å²) in [6.45, 7) is 0. The summed E-state index contributed by atoms with van der Waals surface area (Å²) >= 11 is 0. The molecule has 9 aromatic rings. The van der Waals surface area contributed by atoms with E-state index in [0.29, 0.717) is 23.4 Å². The molecule has 2 unspecified atom stereocenters. The number of fused-ring (bicyclic) bond motifs is 7. The SMILES string of the molecule is C1=CCC(c2ccc3ccc(C4C=C(c5nc(-c6ccccc6)nc(-c6cc7ccccc7c7ccccc67)n5)c5c(oc6ccccc56)C4)cc3c2)C=C1. The highest BCUT2D eigenvalue weighted by Crippen LogP contribution is 2.44. The Kier molecular flexibility index (Phi) is 7.41. The van der Waals surface area contributed by atoms with Gasteiger partial charge in [-0.3, -0.25) is 0 Å². The van der Waals surface area contributed by atoms with Gasteiger partial charge in [0.25, 0.3) is 0 Å². The van der Waals surface area contributed by atoms with Gasteiger partial charge in [0.15, 0.2) is 17.5 Å². The maximum atomic E-state index is 6.69. The molecule has 0 bridgehead atoms. The number of aromatic nitrogens is 3. The molecule has 2 aliphatic carbocycles. The molecule has 0 spiro atoms. The van der Waals surface area contributed by atoms with Crippen LogP contribution in [0.3, 0.4) is 0 Å². The third-order valence-electron chi connectivity index (χ3n) is 11.4. The average Bonchev–Trinajstić information content (AvgIpc) is 3.64. The predicted octanol–water partition coefficient (Wildman–Crippen LogP) is 12.8. The summed E-state index contributed by atoms with van der Waals surface area (Å²) in [7, 11) is 0. The van der Waals surface area contributed by atoms with Crippen LogP contribution < -0.4 is 0 Å². The fourth-order valence-electron chi connectivity index (χ4n) is 8.62. The molecule has 0 aliphatic heterocycles. The van der Waals surface area contributed by atoms with Gasteiger partial charge in [-0.25, -0.2) is 15.0 Å². The van der Waals surface area contributed by atoms with Crippen LogP contribution in [-0.2, 0) is 6.42 Å². The molecular weight excluding hydrogens is 671 g/mol. The van der Waals surface area contributed by atoms with Crippen LogP contribution in [0.2, 0.25) is 0 Å². The van der Waals surface area contributed by atoms with Crippen molar-refractivity contribution in [2.75, 3.05) is 0 Å². The number of nitrogens with zero attached hydrogens (tertiary/aromatic N) is 3. The topological polar surface area (TPSA) is 51.8 Å². The van der Waals surface area contributed by atoms with Crippen LogP contribution in [-0.4, -0.2) is 15.0 Å². The maximum absolute atomic E-state index is 6.69. The molecule has 0 radical (unpaired) electrons. The zero-order chi connectivity index (χ0) is 36.3. The van der Waals surface area contributed by atoms with E-state index in [4.69, 9.17) is 19.4 Å². The number of hydrogen-bond donors (Lipinski definition) is 0. The molecule has 0 fully saturated rings. The summed E-state index contributed by atoms with van der Waals surface area (Å²) < 4.78 is 6.69. The monoisotopic (exact) mass is 705 g/mol. The molecule has 55 heavy (non-hydrogen) atoms. The highest BCUT2D eigenvalue weighted by Gasteiger charge is 2.30. The summed E-state index contributed by atoms with van der Waals surface area (Å²) in [5.74, 6) is 3.33. The van der Waals surface area contributed by atoms with Gasteiger partial charge < -0.3 is 4.42 Å². The van der Waals surface area contributed by atoms with E-state index in [0.717, 1.165) is 62.6 Å². The number of para-hydroxylation sites is 1. The number of allylic oxidation sites excluding steroid dienone is 5. The lowest BCUT2D eigenvalue weighted by molar-refractivity contribution is 0.531. The van der Waals surface area contributed by atoms with Gasteiger partial charge >= 0.3 is 0 Å². The van der Waals surface area contributed by atoms with Crippen LogP contribution >= 0.6 is 0 Å². The normalized spacial score (nSPS) is 16.5. The van der Waals surface area contributed by atoms with E-state index in [9.17, 15) is 0 Å². The second kappa shape index (κ2) is 12.9. The Labute approximate surface area is 318 Å². The van der Waals surface area contributed by atoms with Crippen molar-refractivity contribution in [2.45, 2.75) is 24.7 Å². The van der Waals surface area contributed by atoms with Gasteiger partial charge in [-0.15, -0.1) is 0 Å². The van der Waals surface area contributed by atoms with Gasteiger partial charge in [0.1, 0.15) is 11.3 Å². The lowest BCUT2D eigenvalue weighted by Gasteiger charge is -2.22. The van der Waals surface area contributed by atoms with E-state index in [1.165, 1.54) is 32.7 Å². The predicted molar refractivity (Wildman–Crippen MR) is 225 cm³/mol. The number of furan rings is 1. The molecule has 4 heteroatoms. The van der Waals surface area contributed by atoms with Crippen LogP contribution in [0.1, 0.15) is 46.5 Å². The lowest BCUT2D eigenvalue weighted by atomic mass is 9.82. The van der Waals surface area contributed by atoms with Crippen molar-refractivity contribution < 1.29 is 4.42 Å². The Balaban J connectivity index is 1.13. The van der Waals surface area contributed by atoms with Crippen LogP contribution in [0, 0.1) is 0 Å². The molecule has 2 aromatic heterocycles. The van der Waals surface area contributed by atoms with Gasteiger partial charge in [0, 0.05) is 45.9 Å². The zero-order valence-corrected chi connectivity index (χ0v) is 30.1. The Morgan fingerprint density at radius 2 is 1.20 bits per heavy atom. The molecule has 2 atom stereocenters. The molecule has 2 heterocycles. The molecule has 0 saturated heterocycles. The lowest BCUT2D eigenvalue weighted by Crippen LogP contribution is -2.11. The van der Waals surface area contributed by atoms with Gasteiger partial charge in [0.05, 0.1) is 0 Å². The second-order valence-corrected chi connectivity index (χ2v) is 14.7. The minimum Gasteiger partial charge on any atom is -0.460 e. The standard InChI is InChI=1S/C51H35N3O/c1-3-13-32(14-4-1)35-25-23-33-24-26-36(28-38(33)27-35)39-30-45(48-43-21-11-12-22-46(43)55-47(48)31-39)51-53-49(34-15-5-2-6-16-34)52-50(54-51)44-29-37-17-7-8-18-40(37)41-19-9-10-20-42(41)44/h1-13,15-30,32,39H,14,31H2. The van der Waals surface area contributed by atoms with Crippen LogP contribution in [0.5, 0.6) is 0 Å². The molecule has 11 rings (SSSR count). The summed E-state index contributed by atoms with van der Waals surface area (Å²) in [4.78, 5) is 15.9. The van der Waals surface area contributed by atoms with Gasteiger partial charge in [-0.1, -0.05) is 164 Å². The van der Waals surface area contributed by atoms with E-state index >= 15 is 0 Å². The minimum absolute atomic E-state index is 0.0514. The summed E-state index contributed by atoms with van der Waals surface area (Å²) in [6, 6.07) is 51.7. The molecule has 0 amide bonds. The Morgan fingerprint density at radius 3 is 2.02 bits per heavy atom. The summed E-state index contributed by atoms with van der Waals surface area (Å²) in [5, 5.41) is 8.20. The molecule has 4 nitrogen and oxygen atoms in total. The van der Waals surface area contributed by atoms with Crippen molar-refractivity contribution in [3.63, 3.8) is 0 Å². The van der Waals surface area contributed by atoms with E-state index in [-0.39, 0.29) is 5.92 Å². The van der Waals surface area contributed by atoms with Gasteiger partial charge in [-0.05, 0) is 62.0 Å². The van der Waals surface area contributed by atoms with E-state index in [2.05, 4.69) is 152 Å². The Bertz CT molecular complexity index is 3060. The minimum atomic E-state index is 0.0514. The zero-order valence-electron chi connectivity index (χ0n) is 30.1. The molecular formula is C51H35N3O. The first-order chi connectivity index (χ1) is 27.2. The molecule has 0 N–H and O–H groups in total. The van der Waals surface area contributed by atoms with E-state index < -0.39 is 0 Å². The smallest absolute Gasteiger partial charge is 0.164 e. The van der Waals surface area contributed by atoms with E-state index in [1.54, 1.807) is 0 Å². The second-order valence-electron chi connectivity index (χ2n) is 14.7. The third-order valence-corrected chi connectivity index (χ3v) is 11.4. The number of benzene rings is 7. The average molecular weight is 706 g/mol. The van der Waals surface area contributed by atoms with Crippen LogP contribution in [0.25, 0.3) is 71.6 Å². The molecule has 7 aromatic carbocycles. The van der Waals surface area contributed by atoms with Gasteiger partial charge in [0.2, 0.25) is 0 Å².